The molecule has 0 saturated carbocycles. The molecule has 1 N–H and O–H groups in total. The number of nitrogens with one attached hydrogen (secondary N) is 1. The fourth-order valence-electron chi connectivity index (χ4n) is 3.73. The van der Waals surface area contributed by atoms with Crippen molar-refractivity contribution in [3.05, 3.63) is 34.5 Å². The van der Waals surface area contributed by atoms with E-state index in [1.807, 2.05) is 0 Å². The molecule has 2 aromatic rings. The van der Waals surface area contributed by atoms with Gasteiger partial charge in [0, 0.05) is 37.8 Å². The molecule has 1 aromatic carbocycles. The van der Waals surface area contributed by atoms with E-state index in [2.05, 4.69) is 10.4 Å². The molecular formula is C18H23N5O6S. The van der Waals surface area contributed by atoms with Crippen LogP contribution >= 0.6 is 0 Å². The summed E-state index contributed by atoms with van der Waals surface area (Å²) in [7, 11) is -1.73. The lowest BCUT2D eigenvalue weighted by atomic mass is 9.99. The van der Waals surface area contributed by atoms with Gasteiger partial charge in [-0.3, -0.25) is 9.36 Å². The molecule has 30 heavy (non-hydrogen) atoms. The molecular weight excluding hydrogens is 414 g/mol. The van der Waals surface area contributed by atoms with Crippen molar-refractivity contribution in [1.82, 2.24) is 18.7 Å². The minimum atomic E-state index is -3.31. The summed E-state index contributed by atoms with van der Waals surface area (Å²) in [5.74, 6) is 1.00. The first-order chi connectivity index (χ1) is 14.2. The maximum Gasteiger partial charge on any atom is 0.346 e. The number of benzene rings is 1. The summed E-state index contributed by atoms with van der Waals surface area (Å²) >= 11 is 0. The number of rotatable bonds is 5. The molecule has 0 spiro atoms. The third-order valence-electron chi connectivity index (χ3n) is 5.24. The van der Waals surface area contributed by atoms with Crippen molar-refractivity contribution in [2.24, 2.45) is 7.05 Å². The second-order valence-corrected chi connectivity index (χ2v) is 9.42. The molecule has 11 nitrogen and oxygen atoms in total. The zero-order chi connectivity index (χ0) is 21.5. The number of carbonyl (C=O) groups is 1. The van der Waals surface area contributed by atoms with Gasteiger partial charge in [0.15, 0.2) is 11.5 Å². The molecule has 1 unspecified atom stereocenters. The molecule has 2 aliphatic heterocycles. The molecule has 1 saturated heterocycles. The van der Waals surface area contributed by atoms with Crippen LogP contribution in [0.25, 0.3) is 0 Å². The van der Waals surface area contributed by atoms with E-state index in [0.29, 0.717) is 36.0 Å². The van der Waals surface area contributed by atoms with E-state index in [-0.39, 0.29) is 25.8 Å². The zero-order valence-corrected chi connectivity index (χ0v) is 17.5. The van der Waals surface area contributed by atoms with Crippen LogP contribution in [0.1, 0.15) is 24.6 Å². The van der Waals surface area contributed by atoms with Gasteiger partial charge in [-0.25, -0.2) is 22.2 Å². The molecule has 12 heteroatoms. The molecule has 1 fully saturated rings. The predicted molar refractivity (Wildman–Crippen MR) is 107 cm³/mol. The number of aromatic nitrogens is 3. The topological polar surface area (TPSA) is 125 Å². The average Bonchev–Trinajstić information content (AvgIpc) is 3.27. The Bertz CT molecular complexity index is 1140. The first kappa shape index (κ1) is 20.4. The SMILES string of the molecule is Cn1c(C2CCCN(S(C)(=O)=O)C2)nn(CC(=O)Nc2ccc3c(c2)OCO3)c1=O. The minimum Gasteiger partial charge on any atom is -0.454 e. The highest BCUT2D eigenvalue weighted by atomic mass is 32.2. The Morgan fingerprint density at radius 2 is 2.07 bits per heavy atom. The number of carbonyl (C=O) groups excluding carboxylic acids is 1. The van der Waals surface area contributed by atoms with E-state index >= 15 is 0 Å². The number of anilines is 1. The summed E-state index contributed by atoms with van der Waals surface area (Å²) < 4.78 is 38.1. The van der Waals surface area contributed by atoms with Crippen LogP contribution in [0.2, 0.25) is 0 Å². The van der Waals surface area contributed by atoms with Gasteiger partial charge < -0.3 is 14.8 Å². The second-order valence-electron chi connectivity index (χ2n) is 7.43. The summed E-state index contributed by atoms with van der Waals surface area (Å²) in [6, 6.07) is 5.02. The number of nitrogens with zero attached hydrogens (tertiary/aromatic N) is 4. The van der Waals surface area contributed by atoms with Crippen LogP contribution in [0.5, 0.6) is 11.5 Å². The van der Waals surface area contributed by atoms with Crippen LogP contribution in [0.3, 0.4) is 0 Å². The Kier molecular flexibility index (Phi) is 5.28. The lowest BCUT2D eigenvalue weighted by molar-refractivity contribution is -0.117. The van der Waals surface area contributed by atoms with E-state index in [1.54, 1.807) is 25.2 Å². The smallest absolute Gasteiger partial charge is 0.346 e. The molecule has 0 radical (unpaired) electrons. The summed E-state index contributed by atoms with van der Waals surface area (Å²) in [5, 5.41) is 7.04. The van der Waals surface area contributed by atoms with E-state index in [9.17, 15) is 18.0 Å². The molecule has 3 heterocycles. The number of amides is 1. The van der Waals surface area contributed by atoms with Gasteiger partial charge in [0.1, 0.15) is 12.4 Å². The van der Waals surface area contributed by atoms with Crippen molar-refractivity contribution >= 4 is 21.6 Å². The van der Waals surface area contributed by atoms with E-state index < -0.39 is 21.6 Å². The molecule has 4 rings (SSSR count). The Balaban J connectivity index is 1.48. The number of ether oxygens (including phenoxy) is 2. The molecule has 162 valence electrons. The van der Waals surface area contributed by atoms with Gasteiger partial charge in [0.2, 0.25) is 22.7 Å². The van der Waals surface area contributed by atoms with Gasteiger partial charge in [-0.05, 0) is 25.0 Å². The standard InChI is InChI=1S/C18H23N5O6S/c1-21-17(12-4-3-7-22(9-12)30(2,26)27)20-23(18(21)25)10-16(24)19-13-5-6-14-15(8-13)29-11-28-14/h5-6,8,12H,3-4,7,9-11H2,1-2H3,(H,19,24). The van der Waals surface area contributed by atoms with Gasteiger partial charge in [-0.15, -0.1) is 0 Å². The summed E-state index contributed by atoms with van der Waals surface area (Å²) in [6.45, 7) is 0.606. The normalized spacial score (nSPS) is 19.1. The zero-order valence-electron chi connectivity index (χ0n) is 16.7. The molecule has 0 aliphatic carbocycles. The van der Waals surface area contributed by atoms with Crippen LogP contribution in [-0.4, -0.2) is 59.1 Å². The average molecular weight is 437 g/mol. The monoisotopic (exact) mass is 437 g/mol. The first-order valence-corrected chi connectivity index (χ1v) is 11.4. The predicted octanol–water partition coefficient (Wildman–Crippen LogP) is 0.0882. The molecule has 1 aromatic heterocycles. The summed E-state index contributed by atoms with van der Waals surface area (Å²) in [5.41, 5.74) is 0.0897. The number of hydrogen-bond donors (Lipinski definition) is 1. The van der Waals surface area contributed by atoms with Crippen molar-refractivity contribution in [3.63, 3.8) is 0 Å². The largest absolute Gasteiger partial charge is 0.454 e. The van der Waals surface area contributed by atoms with Crippen molar-refractivity contribution < 1.29 is 22.7 Å². The number of piperidine rings is 1. The van der Waals surface area contributed by atoms with Gasteiger partial charge in [-0.1, -0.05) is 0 Å². The van der Waals surface area contributed by atoms with Crippen LogP contribution in [0, 0.1) is 0 Å². The number of sulfonamides is 1. The van der Waals surface area contributed by atoms with E-state index in [1.165, 1.54) is 15.1 Å². The number of hydrogen-bond acceptors (Lipinski definition) is 7. The first-order valence-electron chi connectivity index (χ1n) is 9.51. The highest BCUT2D eigenvalue weighted by Crippen LogP contribution is 2.34. The lowest BCUT2D eigenvalue weighted by Gasteiger charge is -2.30. The molecule has 1 atom stereocenters. The van der Waals surface area contributed by atoms with Crippen molar-refractivity contribution in [3.8, 4) is 11.5 Å². The molecule has 1 amide bonds. The highest BCUT2D eigenvalue weighted by molar-refractivity contribution is 7.88. The maximum atomic E-state index is 12.6. The van der Waals surface area contributed by atoms with Gasteiger partial charge in [0.25, 0.3) is 0 Å². The van der Waals surface area contributed by atoms with Crippen LogP contribution in [0.15, 0.2) is 23.0 Å². The molecule has 0 bridgehead atoms. The molecule has 2 aliphatic rings. The number of fused-ring (bicyclic) bond motifs is 1. The van der Waals surface area contributed by atoms with Crippen molar-refractivity contribution in [2.45, 2.75) is 25.3 Å². The van der Waals surface area contributed by atoms with Crippen LogP contribution < -0.4 is 20.5 Å². The fourth-order valence-corrected chi connectivity index (χ4v) is 4.64. The van der Waals surface area contributed by atoms with Gasteiger partial charge in [0.05, 0.1) is 6.26 Å². The maximum absolute atomic E-state index is 12.6. The van der Waals surface area contributed by atoms with Gasteiger partial charge in [-0.2, -0.15) is 5.10 Å². The van der Waals surface area contributed by atoms with E-state index in [4.69, 9.17) is 9.47 Å². The quantitative estimate of drug-likeness (QED) is 0.703. The summed E-state index contributed by atoms with van der Waals surface area (Å²) in [6.07, 6.45) is 2.58. The third-order valence-corrected chi connectivity index (χ3v) is 6.51. The van der Waals surface area contributed by atoms with Gasteiger partial charge >= 0.3 is 5.69 Å². The second kappa shape index (κ2) is 7.76. The fraction of sp³-hybridized carbons (Fsp3) is 0.500. The Labute approximate surface area is 173 Å². The van der Waals surface area contributed by atoms with Crippen LogP contribution in [0.4, 0.5) is 5.69 Å². The van der Waals surface area contributed by atoms with E-state index in [0.717, 1.165) is 11.1 Å². The van der Waals surface area contributed by atoms with Crippen LogP contribution in [-0.2, 0) is 28.4 Å². The highest BCUT2D eigenvalue weighted by Gasteiger charge is 2.30. The van der Waals surface area contributed by atoms with Crippen molar-refractivity contribution in [2.75, 3.05) is 31.5 Å². The Hall–Kier alpha value is -2.86. The third kappa shape index (κ3) is 4.05. The Morgan fingerprint density at radius 3 is 2.83 bits per heavy atom. The van der Waals surface area contributed by atoms with Crippen molar-refractivity contribution in [1.29, 1.82) is 0 Å². The Morgan fingerprint density at radius 1 is 1.30 bits per heavy atom. The lowest BCUT2D eigenvalue weighted by Crippen LogP contribution is -2.39. The summed E-state index contributed by atoms with van der Waals surface area (Å²) in [4.78, 5) is 25.0. The minimum absolute atomic E-state index is 0.136.